The van der Waals surface area contributed by atoms with E-state index in [0.717, 1.165) is 22.6 Å². The van der Waals surface area contributed by atoms with Crippen molar-refractivity contribution in [2.24, 2.45) is 0 Å². The molecule has 38 heavy (non-hydrogen) atoms. The zero-order chi connectivity index (χ0) is 27.7. The summed E-state index contributed by atoms with van der Waals surface area (Å²) in [6.45, 7) is 0.320. The molecule has 0 spiro atoms. The van der Waals surface area contributed by atoms with Crippen LogP contribution in [0.15, 0.2) is 54.7 Å². The molecular weight excluding hydrogens is 507 g/mol. The van der Waals surface area contributed by atoms with Crippen molar-refractivity contribution in [3.63, 3.8) is 0 Å². The number of carbonyl (C=O) groups excluding carboxylic acids is 2. The van der Waals surface area contributed by atoms with Crippen LogP contribution >= 0.6 is 0 Å². The maximum Gasteiger partial charge on any atom is 0.416 e. The van der Waals surface area contributed by atoms with E-state index < -0.39 is 55.0 Å². The predicted molar refractivity (Wildman–Crippen MR) is 130 cm³/mol. The first-order chi connectivity index (χ1) is 17.9. The molecule has 11 heteroatoms. The number of halogens is 5. The summed E-state index contributed by atoms with van der Waals surface area (Å²) < 4.78 is 65.8. The molecule has 0 radical (unpaired) electrons. The van der Waals surface area contributed by atoms with Crippen LogP contribution in [0.3, 0.4) is 0 Å². The van der Waals surface area contributed by atoms with Crippen LogP contribution in [0.2, 0.25) is 0 Å². The van der Waals surface area contributed by atoms with Crippen molar-refractivity contribution in [2.45, 2.75) is 31.5 Å². The monoisotopic (exact) mass is 528 g/mol. The first-order valence-electron chi connectivity index (χ1n) is 11.5. The van der Waals surface area contributed by atoms with Crippen molar-refractivity contribution in [2.75, 3.05) is 13.1 Å². The van der Waals surface area contributed by atoms with Gasteiger partial charge in [-0.25, -0.2) is 8.78 Å². The van der Waals surface area contributed by atoms with E-state index >= 15 is 0 Å². The number of hydrogen-bond acceptors (Lipinski definition) is 4. The number of nitriles is 1. The van der Waals surface area contributed by atoms with Gasteiger partial charge >= 0.3 is 6.18 Å². The number of carbonyl (C=O) groups is 2. The molecule has 4 rings (SSSR count). The van der Waals surface area contributed by atoms with Gasteiger partial charge in [-0.15, -0.1) is 0 Å². The SMILES string of the molecule is C/C(=C\c1ccc(C(F)(F)F)cc1)c1ccc2nccc(C(=O)NCC(=O)N3CC(F)(F)CC3C#N)c2c1. The molecule has 1 N–H and O–H groups in total. The molecule has 0 bridgehead atoms. The minimum Gasteiger partial charge on any atom is -0.343 e. The second-order valence-corrected chi connectivity index (χ2v) is 8.95. The fourth-order valence-corrected chi connectivity index (χ4v) is 4.24. The molecular formula is C27H21F5N4O2. The lowest BCUT2D eigenvalue weighted by atomic mass is 9.99. The maximum absolute atomic E-state index is 13.6. The minimum atomic E-state index is -4.43. The summed E-state index contributed by atoms with van der Waals surface area (Å²) in [6, 6.07) is 11.7. The lowest BCUT2D eigenvalue weighted by Gasteiger charge is -2.19. The second-order valence-electron chi connectivity index (χ2n) is 8.95. The summed E-state index contributed by atoms with van der Waals surface area (Å²) in [4.78, 5) is 30.3. The fourth-order valence-electron chi connectivity index (χ4n) is 4.24. The van der Waals surface area contributed by atoms with Crippen molar-refractivity contribution in [1.82, 2.24) is 15.2 Å². The third-order valence-corrected chi connectivity index (χ3v) is 6.20. The quantitative estimate of drug-likeness (QED) is 0.360. The zero-order valence-electron chi connectivity index (χ0n) is 20.0. The van der Waals surface area contributed by atoms with Gasteiger partial charge in [0.25, 0.3) is 11.8 Å². The Bertz CT molecular complexity index is 1460. The number of aromatic nitrogens is 1. The molecule has 2 aromatic carbocycles. The van der Waals surface area contributed by atoms with Gasteiger partial charge in [-0.05, 0) is 54.0 Å². The number of alkyl halides is 5. The van der Waals surface area contributed by atoms with E-state index in [0.29, 0.717) is 22.0 Å². The first kappa shape index (κ1) is 26.7. The number of amides is 2. The fraction of sp³-hybridized carbons (Fsp3) is 0.259. The minimum absolute atomic E-state index is 0.190. The molecule has 2 heterocycles. The molecule has 1 aromatic heterocycles. The number of rotatable bonds is 5. The third kappa shape index (κ3) is 5.80. The van der Waals surface area contributed by atoms with Crippen LogP contribution in [0, 0.1) is 11.3 Å². The van der Waals surface area contributed by atoms with E-state index in [1.165, 1.54) is 24.4 Å². The molecule has 0 saturated carbocycles. The summed E-state index contributed by atoms with van der Waals surface area (Å²) in [5, 5.41) is 12.0. The maximum atomic E-state index is 13.6. The van der Waals surface area contributed by atoms with Crippen molar-refractivity contribution in [3.8, 4) is 6.07 Å². The Balaban J connectivity index is 1.53. The number of nitrogens with one attached hydrogen (secondary N) is 1. The first-order valence-corrected chi connectivity index (χ1v) is 11.5. The molecule has 1 fully saturated rings. The summed E-state index contributed by atoms with van der Waals surface area (Å²) in [6.07, 6.45) is -2.06. The number of allylic oxidation sites excluding steroid dienone is 1. The van der Waals surface area contributed by atoms with Gasteiger partial charge in [0.2, 0.25) is 5.91 Å². The van der Waals surface area contributed by atoms with E-state index in [9.17, 15) is 31.5 Å². The average Bonchev–Trinajstić information content (AvgIpc) is 3.20. The number of hydrogen-bond donors (Lipinski definition) is 1. The Hall–Kier alpha value is -4.33. The van der Waals surface area contributed by atoms with Crippen molar-refractivity contribution < 1.29 is 31.5 Å². The van der Waals surface area contributed by atoms with Crippen LogP contribution in [-0.4, -0.2) is 46.8 Å². The van der Waals surface area contributed by atoms with Crippen LogP contribution in [0.1, 0.15) is 40.4 Å². The average molecular weight is 528 g/mol. The van der Waals surface area contributed by atoms with Crippen LogP contribution in [0.5, 0.6) is 0 Å². The summed E-state index contributed by atoms with van der Waals surface area (Å²) in [5.74, 6) is -4.59. The third-order valence-electron chi connectivity index (χ3n) is 6.20. The highest BCUT2D eigenvalue weighted by Crippen LogP contribution is 2.32. The highest BCUT2D eigenvalue weighted by Gasteiger charge is 2.47. The van der Waals surface area contributed by atoms with Crippen LogP contribution in [0.4, 0.5) is 22.0 Å². The molecule has 1 aliphatic rings. The predicted octanol–water partition coefficient (Wildman–Crippen LogP) is 5.30. The number of nitrogens with zero attached hydrogens (tertiary/aromatic N) is 3. The molecule has 0 aliphatic carbocycles. The number of likely N-dealkylation sites (tertiary alicyclic amines) is 1. The second kappa shape index (κ2) is 10.2. The van der Waals surface area contributed by atoms with E-state index in [4.69, 9.17) is 5.26 Å². The van der Waals surface area contributed by atoms with Gasteiger partial charge in [0.1, 0.15) is 6.04 Å². The highest BCUT2D eigenvalue weighted by atomic mass is 19.4. The van der Waals surface area contributed by atoms with Gasteiger partial charge in [0, 0.05) is 18.0 Å². The molecule has 1 saturated heterocycles. The van der Waals surface area contributed by atoms with Crippen molar-refractivity contribution in [3.05, 3.63) is 77.0 Å². The van der Waals surface area contributed by atoms with Gasteiger partial charge in [-0.1, -0.05) is 24.3 Å². The summed E-state index contributed by atoms with van der Waals surface area (Å²) in [5.41, 5.74) is 1.89. The Kier molecular flexibility index (Phi) is 7.18. The molecule has 1 aliphatic heterocycles. The number of pyridine rings is 1. The standard InChI is InChI=1S/C27H21F5N4O2/c1-16(10-17-2-5-19(6-3-17)27(30,31)32)18-4-7-23-22(11-18)21(8-9-34-23)25(38)35-14-24(37)36-15-26(28,29)12-20(36)13-33/h2-11,20H,12,14-15H2,1H3,(H,35,38)/b16-10+. The lowest BCUT2D eigenvalue weighted by Crippen LogP contribution is -2.43. The molecule has 3 aromatic rings. The zero-order valence-corrected chi connectivity index (χ0v) is 20.0. The molecule has 1 atom stereocenters. The van der Waals surface area contributed by atoms with Crippen molar-refractivity contribution in [1.29, 1.82) is 5.26 Å². The van der Waals surface area contributed by atoms with E-state index in [1.54, 1.807) is 37.3 Å². The van der Waals surface area contributed by atoms with E-state index in [-0.39, 0.29) is 5.56 Å². The van der Waals surface area contributed by atoms with Gasteiger partial charge in [0.15, 0.2) is 0 Å². The number of fused-ring (bicyclic) bond motifs is 1. The Morgan fingerprint density at radius 1 is 1.18 bits per heavy atom. The number of benzene rings is 2. The largest absolute Gasteiger partial charge is 0.416 e. The molecule has 6 nitrogen and oxygen atoms in total. The Morgan fingerprint density at radius 3 is 2.55 bits per heavy atom. The molecule has 2 amide bonds. The molecule has 196 valence electrons. The van der Waals surface area contributed by atoms with Crippen LogP contribution < -0.4 is 5.32 Å². The van der Waals surface area contributed by atoms with Crippen molar-refractivity contribution >= 4 is 34.4 Å². The van der Waals surface area contributed by atoms with Crippen LogP contribution in [0.25, 0.3) is 22.6 Å². The van der Waals surface area contributed by atoms with Crippen LogP contribution in [-0.2, 0) is 11.0 Å². The van der Waals surface area contributed by atoms with Gasteiger partial charge in [-0.2, -0.15) is 18.4 Å². The lowest BCUT2D eigenvalue weighted by molar-refractivity contribution is -0.137. The highest BCUT2D eigenvalue weighted by molar-refractivity contribution is 6.07. The van der Waals surface area contributed by atoms with Gasteiger partial charge in [0.05, 0.1) is 35.8 Å². The Morgan fingerprint density at radius 2 is 1.89 bits per heavy atom. The van der Waals surface area contributed by atoms with Gasteiger partial charge < -0.3 is 10.2 Å². The normalized spacial score (nSPS) is 17.3. The summed E-state index contributed by atoms with van der Waals surface area (Å²) >= 11 is 0. The van der Waals surface area contributed by atoms with Gasteiger partial charge in [-0.3, -0.25) is 14.6 Å². The molecule has 1 unspecified atom stereocenters. The van der Waals surface area contributed by atoms with E-state index in [1.807, 2.05) is 0 Å². The van der Waals surface area contributed by atoms with E-state index in [2.05, 4.69) is 10.3 Å². The Labute approximate surface area is 214 Å². The topological polar surface area (TPSA) is 86.1 Å². The smallest absolute Gasteiger partial charge is 0.343 e. The summed E-state index contributed by atoms with van der Waals surface area (Å²) in [7, 11) is 0.